The van der Waals surface area contributed by atoms with Crippen molar-refractivity contribution in [3.05, 3.63) is 23.4 Å². The number of rotatable bonds is 4. The normalized spacial score (nSPS) is 11.4. The predicted octanol–water partition coefficient (Wildman–Crippen LogP) is 3.36. The summed E-state index contributed by atoms with van der Waals surface area (Å²) in [5.74, 6) is 1.38. The lowest BCUT2D eigenvalue weighted by Gasteiger charge is -2.29. The molecule has 92 valence electrons. The Labute approximate surface area is 104 Å². The van der Waals surface area contributed by atoms with Gasteiger partial charge in [0, 0.05) is 12.2 Å². The molecule has 17 heavy (non-hydrogen) atoms. The first-order chi connectivity index (χ1) is 7.85. The highest BCUT2D eigenvalue weighted by Crippen LogP contribution is 2.26. The summed E-state index contributed by atoms with van der Waals surface area (Å²) in [4.78, 5) is 4.38. The van der Waals surface area contributed by atoms with Crippen molar-refractivity contribution >= 4 is 5.82 Å². The lowest BCUT2D eigenvalue weighted by molar-refractivity contribution is 0.269. The van der Waals surface area contributed by atoms with Crippen molar-refractivity contribution in [1.82, 2.24) is 4.98 Å². The monoisotopic (exact) mass is 231 g/mol. The summed E-state index contributed by atoms with van der Waals surface area (Å²) in [7, 11) is 0. The smallest absolute Gasteiger partial charge is 0.127 e. The summed E-state index contributed by atoms with van der Waals surface area (Å²) in [5.41, 5.74) is 1.73. The standard InChI is InChI=1S/C14H21N3/c1-10(2)14(4,5)9-16-13-7-12(8-15)6-11(3)17-13/h6-7,10H,9H2,1-5H3,(H,16,17). The molecule has 0 saturated heterocycles. The van der Waals surface area contributed by atoms with Crippen LogP contribution in [0.2, 0.25) is 0 Å². The molecule has 0 amide bonds. The fourth-order valence-electron chi connectivity index (χ4n) is 1.35. The van der Waals surface area contributed by atoms with Gasteiger partial charge in [-0.05, 0) is 30.4 Å². The number of aromatic nitrogens is 1. The number of pyridine rings is 1. The van der Waals surface area contributed by atoms with Crippen LogP contribution in [0.25, 0.3) is 0 Å². The van der Waals surface area contributed by atoms with Gasteiger partial charge in [0.15, 0.2) is 0 Å². The SMILES string of the molecule is Cc1cc(C#N)cc(NCC(C)(C)C(C)C)n1. The molecule has 0 fully saturated rings. The third-order valence-corrected chi connectivity index (χ3v) is 3.37. The first-order valence-corrected chi connectivity index (χ1v) is 5.98. The Kier molecular flexibility index (Phi) is 4.11. The highest BCUT2D eigenvalue weighted by molar-refractivity contribution is 5.44. The second-order valence-electron chi connectivity index (χ2n) is 5.49. The maximum atomic E-state index is 8.90. The van der Waals surface area contributed by atoms with Gasteiger partial charge in [-0.15, -0.1) is 0 Å². The molecule has 0 saturated carbocycles. The highest BCUT2D eigenvalue weighted by atomic mass is 15.0. The van der Waals surface area contributed by atoms with Gasteiger partial charge in [-0.25, -0.2) is 4.98 Å². The molecular formula is C14H21N3. The van der Waals surface area contributed by atoms with Gasteiger partial charge in [0.25, 0.3) is 0 Å². The van der Waals surface area contributed by atoms with E-state index in [4.69, 9.17) is 5.26 Å². The molecule has 0 aliphatic rings. The van der Waals surface area contributed by atoms with Crippen molar-refractivity contribution in [2.45, 2.75) is 34.6 Å². The van der Waals surface area contributed by atoms with E-state index in [1.54, 1.807) is 12.1 Å². The van der Waals surface area contributed by atoms with E-state index in [0.29, 0.717) is 11.5 Å². The van der Waals surface area contributed by atoms with Crippen molar-refractivity contribution in [3.8, 4) is 6.07 Å². The summed E-state index contributed by atoms with van der Waals surface area (Å²) < 4.78 is 0. The van der Waals surface area contributed by atoms with E-state index in [2.05, 4.69) is 44.1 Å². The number of hydrogen-bond acceptors (Lipinski definition) is 3. The minimum Gasteiger partial charge on any atom is -0.369 e. The van der Waals surface area contributed by atoms with Gasteiger partial charge >= 0.3 is 0 Å². The zero-order valence-corrected chi connectivity index (χ0v) is 11.3. The number of hydrogen-bond donors (Lipinski definition) is 1. The van der Waals surface area contributed by atoms with Crippen molar-refractivity contribution < 1.29 is 0 Å². The molecule has 0 radical (unpaired) electrons. The molecule has 3 heteroatoms. The molecule has 0 aromatic carbocycles. The minimum atomic E-state index is 0.207. The molecule has 0 aliphatic carbocycles. The molecule has 1 heterocycles. The van der Waals surface area contributed by atoms with Crippen LogP contribution in [0.1, 0.15) is 39.0 Å². The molecule has 0 unspecified atom stereocenters. The second-order valence-corrected chi connectivity index (χ2v) is 5.49. The van der Waals surface area contributed by atoms with Gasteiger partial charge in [0.05, 0.1) is 11.6 Å². The maximum absolute atomic E-state index is 8.90. The molecular weight excluding hydrogens is 210 g/mol. The fraction of sp³-hybridized carbons (Fsp3) is 0.571. The van der Waals surface area contributed by atoms with Crippen LogP contribution in [0.15, 0.2) is 12.1 Å². The van der Waals surface area contributed by atoms with Crippen LogP contribution in [0.4, 0.5) is 5.82 Å². The van der Waals surface area contributed by atoms with Crippen LogP contribution in [0.5, 0.6) is 0 Å². The Morgan fingerprint density at radius 3 is 2.59 bits per heavy atom. The van der Waals surface area contributed by atoms with Crippen LogP contribution >= 0.6 is 0 Å². The molecule has 1 aromatic rings. The van der Waals surface area contributed by atoms with E-state index in [9.17, 15) is 0 Å². The van der Waals surface area contributed by atoms with E-state index >= 15 is 0 Å². The predicted molar refractivity (Wildman–Crippen MR) is 70.8 cm³/mol. The Bertz CT molecular complexity index is 428. The topological polar surface area (TPSA) is 48.7 Å². The quantitative estimate of drug-likeness (QED) is 0.864. The van der Waals surface area contributed by atoms with Gasteiger partial charge < -0.3 is 5.32 Å². The number of aryl methyl sites for hydroxylation is 1. The van der Waals surface area contributed by atoms with Crippen LogP contribution in [0, 0.1) is 29.6 Å². The lowest BCUT2D eigenvalue weighted by Crippen LogP contribution is -2.28. The van der Waals surface area contributed by atoms with Crippen molar-refractivity contribution in [2.24, 2.45) is 11.3 Å². The Morgan fingerprint density at radius 1 is 1.41 bits per heavy atom. The molecule has 1 aromatic heterocycles. The largest absolute Gasteiger partial charge is 0.369 e. The van der Waals surface area contributed by atoms with E-state index in [-0.39, 0.29) is 5.41 Å². The number of nitrogens with one attached hydrogen (secondary N) is 1. The lowest BCUT2D eigenvalue weighted by atomic mass is 9.81. The molecule has 0 bridgehead atoms. The van der Waals surface area contributed by atoms with Crippen molar-refractivity contribution in [3.63, 3.8) is 0 Å². The molecule has 3 nitrogen and oxygen atoms in total. The first-order valence-electron chi connectivity index (χ1n) is 5.98. The zero-order chi connectivity index (χ0) is 13.1. The molecule has 0 aliphatic heterocycles. The van der Waals surface area contributed by atoms with Gasteiger partial charge in [0.1, 0.15) is 5.82 Å². The van der Waals surface area contributed by atoms with Gasteiger partial charge in [0.2, 0.25) is 0 Å². The van der Waals surface area contributed by atoms with Crippen molar-refractivity contribution in [2.75, 3.05) is 11.9 Å². The summed E-state index contributed by atoms with van der Waals surface area (Å²) in [6.45, 7) is 11.6. The molecule has 1 rings (SSSR count). The Balaban J connectivity index is 2.77. The zero-order valence-electron chi connectivity index (χ0n) is 11.3. The first kappa shape index (κ1) is 13.5. The number of nitrogens with zero attached hydrogens (tertiary/aromatic N) is 2. The number of nitriles is 1. The molecule has 0 spiro atoms. The van der Waals surface area contributed by atoms with E-state index in [0.717, 1.165) is 18.1 Å². The van der Waals surface area contributed by atoms with Crippen LogP contribution in [-0.2, 0) is 0 Å². The third-order valence-electron chi connectivity index (χ3n) is 3.37. The second kappa shape index (κ2) is 5.18. The Morgan fingerprint density at radius 2 is 2.06 bits per heavy atom. The van der Waals surface area contributed by atoms with E-state index in [1.807, 2.05) is 6.92 Å². The third kappa shape index (κ3) is 3.74. The van der Waals surface area contributed by atoms with Crippen LogP contribution in [-0.4, -0.2) is 11.5 Å². The fourth-order valence-corrected chi connectivity index (χ4v) is 1.35. The van der Waals surface area contributed by atoms with E-state index < -0.39 is 0 Å². The van der Waals surface area contributed by atoms with Gasteiger partial charge in [-0.3, -0.25) is 0 Å². The number of anilines is 1. The highest BCUT2D eigenvalue weighted by Gasteiger charge is 2.22. The summed E-state index contributed by atoms with van der Waals surface area (Å²) in [5, 5.41) is 12.2. The summed E-state index contributed by atoms with van der Waals surface area (Å²) in [6, 6.07) is 5.73. The van der Waals surface area contributed by atoms with Crippen LogP contribution in [0.3, 0.4) is 0 Å². The summed E-state index contributed by atoms with van der Waals surface area (Å²) in [6.07, 6.45) is 0. The van der Waals surface area contributed by atoms with Crippen molar-refractivity contribution in [1.29, 1.82) is 5.26 Å². The minimum absolute atomic E-state index is 0.207. The summed E-state index contributed by atoms with van der Waals surface area (Å²) >= 11 is 0. The van der Waals surface area contributed by atoms with E-state index in [1.165, 1.54) is 0 Å². The average Bonchev–Trinajstić information content (AvgIpc) is 2.25. The average molecular weight is 231 g/mol. The molecule has 1 N–H and O–H groups in total. The maximum Gasteiger partial charge on any atom is 0.127 e. The Hall–Kier alpha value is -1.56. The van der Waals surface area contributed by atoms with Crippen LogP contribution < -0.4 is 5.32 Å². The van der Waals surface area contributed by atoms with Gasteiger partial charge in [-0.1, -0.05) is 27.7 Å². The van der Waals surface area contributed by atoms with Gasteiger partial charge in [-0.2, -0.15) is 5.26 Å². The molecule has 0 atom stereocenters.